The second kappa shape index (κ2) is 9.59. The van der Waals surface area contributed by atoms with Crippen molar-refractivity contribution < 1.29 is 19.0 Å². The third kappa shape index (κ3) is 4.27. The Morgan fingerprint density at radius 1 is 0.919 bits per heavy atom. The van der Waals surface area contributed by atoms with E-state index in [0.29, 0.717) is 35.3 Å². The van der Waals surface area contributed by atoms with E-state index in [1.807, 2.05) is 41.3 Å². The van der Waals surface area contributed by atoms with Gasteiger partial charge in [-0.2, -0.15) is 9.78 Å². The zero-order valence-electron chi connectivity index (χ0n) is 20.4. The van der Waals surface area contributed by atoms with Crippen LogP contribution in [0.5, 0.6) is 17.2 Å². The van der Waals surface area contributed by atoms with Crippen LogP contribution in [-0.2, 0) is 6.54 Å². The lowest BCUT2D eigenvalue weighted by molar-refractivity contribution is 0.0623. The summed E-state index contributed by atoms with van der Waals surface area (Å²) in [5, 5.41) is 5.55. The lowest BCUT2D eigenvalue weighted by Crippen LogP contribution is -2.48. The summed E-state index contributed by atoms with van der Waals surface area (Å²) in [5.74, 6) is 1.85. The van der Waals surface area contributed by atoms with Gasteiger partial charge in [-0.1, -0.05) is 36.4 Å². The summed E-state index contributed by atoms with van der Waals surface area (Å²) in [7, 11) is 1.54. The number of methoxy groups -OCH3 is 1. The van der Waals surface area contributed by atoms with Crippen LogP contribution < -0.4 is 19.8 Å². The monoisotopic (exact) mass is 498 g/mol. The number of fused-ring (bicyclic) bond motifs is 2. The Hall–Kier alpha value is -4.37. The maximum absolute atomic E-state index is 13.7. The van der Waals surface area contributed by atoms with E-state index in [9.17, 15) is 9.59 Å². The summed E-state index contributed by atoms with van der Waals surface area (Å²) in [5.41, 5.74) is 1.58. The van der Waals surface area contributed by atoms with Crippen LogP contribution in [0.2, 0.25) is 0 Å². The molecule has 188 valence electrons. The van der Waals surface area contributed by atoms with E-state index in [1.165, 1.54) is 4.68 Å². The minimum atomic E-state index is -0.301. The maximum atomic E-state index is 13.7. The fourth-order valence-electron chi connectivity index (χ4n) is 4.87. The Balaban J connectivity index is 1.25. The molecule has 3 heterocycles. The lowest BCUT2D eigenvalue weighted by Gasteiger charge is -2.34. The number of carbonyl (C=O) groups is 1. The van der Waals surface area contributed by atoms with Gasteiger partial charge in [-0.3, -0.25) is 14.5 Å². The fourth-order valence-corrected chi connectivity index (χ4v) is 4.87. The second-order valence-corrected chi connectivity index (χ2v) is 9.04. The maximum Gasteiger partial charge on any atom is 0.279 e. The molecule has 0 saturated carbocycles. The number of rotatable bonds is 5. The molecular weight excluding hydrogens is 472 g/mol. The SMILES string of the molecule is COc1ccccc1-n1nc(C(=O)N2CCN(Cc3ccc4c(c3)OCO4)CC2)c2ccccc2c1=O. The molecule has 2 aliphatic rings. The highest BCUT2D eigenvalue weighted by molar-refractivity contribution is 6.05. The van der Waals surface area contributed by atoms with Gasteiger partial charge in [-0.15, -0.1) is 0 Å². The van der Waals surface area contributed by atoms with Gasteiger partial charge >= 0.3 is 0 Å². The predicted octanol–water partition coefficient (Wildman–Crippen LogP) is 3.08. The quantitative estimate of drug-likeness (QED) is 0.418. The molecule has 1 aromatic heterocycles. The van der Waals surface area contributed by atoms with E-state index in [2.05, 4.69) is 10.00 Å². The Bertz CT molecular complexity index is 1540. The van der Waals surface area contributed by atoms with Crippen molar-refractivity contribution in [3.63, 3.8) is 0 Å². The summed E-state index contributed by atoms with van der Waals surface area (Å²) in [6.07, 6.45) is 0. The summed E-state index contributed by atoms with van der Waals surface area (Å²) in [6.45, 7) is 3.60. The van der Waals surface area contributed by atoms with E-state index in [4.69, 9.17) is 14.2 Å². The predicted molar refractivity (Wildman–Crippen MR) is 138 cm³/mol. The number of piperazine rings is 1. The number of benzene rings is 3. The van der Waals surface area contributed by atoms with Crippen molar-refractivity contribution >= 4 is 16.7 Å². The van der Waals surface area contributed by atoms with Crippen molar-refractivity contribution in [2.45, 2.75) is 6.54 Å². The van der Waals surface area contributed by atoms with Crippen molar-refractivity contribution in [1.82, 2.24) is 19.6 Å². The van der Waals surface area contributed by atoms with Crippen molar-refractivity contribution in [3.8, 4) is 22.9 Å². The zero-order chi connectivity index (χ0) is 25.4. The molecule has 0 atom stereocenters. The highest BCUT2D eigenvalue weighted by atomic mass is 16.7. The van der Waals surface area contributed by atoms with Crippen LogP contribution in [0.4, 0.5) is 0 Å². The first-order chi connectivity index (χ1) is 18.1. The lowest BCUT2D eigenvalue weighted by atomic mass is 10.1. The minimum Gasteiger partial charge on any atom is -0.494 e. The molecule has 4 aromatic rings. The molecule has 0 spiro atoms. The number of para-hydroxylation sites is 2. The van der Waals surface area contributed by atoms with Crippen molar-refractivity contribution in [3.05, 3.63) is 88.3 Å². The van der Waals surface area contributed by atoms with Crippen molar-refractivity contribution in [2.75, 3.05) is 40.1 Å². The Kier molecular flexibility index (Phi) is 5.97. The normalized spacial score (nSPS) is 15.2. The molecule has 1 amide bonds. The average molecular weight is 499 g/mol. The van der Waals surface area contributed by atoms with Crippen LogP contribution in [0, 0.1) is 0 Å². The topological polar surface area (TPSA) is 86.1 Å². The van der Waals surface area contributed by atoms with Gasteiger partial charge in [0, 0.05) is 38.1 Å². The summed E-state index contributed by atoms with van der Waals surface area (Å²) in [6, 6.07) is 20.3. The van der Waals surface area contributed by atoms with Crippen molar-refractivity contribution in [1.29, 1.82) is 0 Å². The number of nitrogens with zero attached hydrogens (tertiary/aromatic N) is 4. The summed E-state index contributed by atoms with van der Waals surface area (Å²) >= 11 is 0. The van der Waals surface area contributed by atoms with E-state index < -0.39 is 0 Å². The van der Waals surface area contributed by atoms with Crippen LogP contribution in [-0.4, -0.2) is 65.6 Å². The molecule has 37 heavy (non-hydrogen) atoms. The van der Waals surface area contributed by atoms with Gasteiger partial charge < -0.3 is 19.1 Å². The molecule has 0 N–H and O–H groups in total. The van der Waals surface area contributed by atoms with Gasteiger partial charge in [-0.25, -0.2) is 0 Å². The summed E-state index contributed by atoms with van der Waals surface area (Å²) in [4.78, 5) is 31.2. The number of ether oxygens (including phenoxy) is 3. The van der Waals surface area contributed by atoms with Gasteiger partial charge in [0.1, 0.15) is 11.4 Å². The third-order valence-corrected chi connectivity index (χ3v) is 6.82. The van der Waals surface area contributed by atoms with Gasteiger partial charge in [0.05, 0.1) is 12.5 Å². The first kappa shape index (κ1) is 23.1. The number of aromatic nitrogens is 2. The molecule has 0 unspecified atom stereocenters. The van der Waals surface area contributed by atoms with Crippen LogP contribution in [0.1, 0.15) is 16.1 Å². The molecule has 0 radical (unpaired) electrons. The second-order valence-electron chi connectivity index (χ2n) is 9.04. The Morgan fingerprint density at radius 2 is 1.65 bits per heavy atom. The molecule has 9 nitrogen and oxygen atoms in total. The highest BCUT2D eigenvalue weighted by Gasteiger charge is 2.27. The molecule has 0 bridgehead atoms. The molecule has 2 aliphatic heterocycles. The van der Waals surface area contributed by atoms with E-state index in [-0.39, 0.29) is 24.0 Å². The number of carbonyl (C=O) groups excluding carboxylic acids is 1. The largest absolute Gasteiger partial charge is 0.494 e. The number of hydrogen-bond acceptors (Lipinski definition) is 7. The van der Waals surface area contributed by atoms with Crippen LogP contribution in [0.15, 0.2) is 71.5 Å². The van der Waals surface area contributed by atoms with Gasteiger partial charge in [0.2, 0.25) is 6.79 Å². The van der Waals surface area contributed by atoms with Crippen LogP contribution in [0.25, 0.3) is 16.5 Å². The first-order valence-electron chi connectivity index (χ1n) is 12.2. The average Bonchev–Trinajstić information content (AvgIpc) is 3.42. The fraction of sp³-hybridized carbons (Fsp3) is 0.250. The smallest absolute Gasteiger partial charge is 0.279 e. The van der Waals surface area contributed by atoms with E-state index in [1.54, 1.807) is 37.4 Å². The minimum absolute atomic E-state index is 0.192. The van der Waals surface area contributed by atoms with E-state index in [0.717, 1.165) is 36.7 Å². The molecule has 9 heteroatoms. The Labute approximate surface area is 213 Å². The van der Waals surface area contributed by atoms with Crippen molar-refractivity contribution in [2.24, 2.45) is 0 Å². The number of hydrogen-bond donors (Lipinski definition) is 0. The van der Waals surface area contributed by atoms with Crippen LogP contribution in [0.3, 0.4) is 0 Å². The Morgan fingerprint density at radius 3 is 2.46 bits per heavy atom. The molecular formula is C28H26N4O5. The van der Waals surface area contributed by atoms with Gasteiger partial charge in [-0.05, 0) is 35.9 Å². The first-order valence-corrected chi connectivity index (χ1v) is 12.2. The third-order valence-electron chi connectivity index (χ3n) is 6.82. The van der Waals surface area contributed by atoms with Gasteiger partial charge in [0.25, 0.3) is 11.5 Å². The standard InChI is InChI=1S/C28H26N4O5/c1-35-23-9-5-4-8-22(23)32-27(33)21-7-3-2-6-20(21)26(29-32)28(34)31-14-12-30(13-15-31)17-19-10-11-24-25(16-19)37-18-36-24/h2-11,16H,12-15,17-18H2,1H3. The molecule has 0 aliphatic carbocycles. The molecule has 1 fully saturated rings. The highest BCUT2D eigenvalue weighted by Crippen LogP contribution is 2.33. The summed E-state index contributed by atoms with van der Waals surface area (Å²) < 4.78 is 17.6. The molecule has 3 aromatic carbocycles. The van der Waals surface area contributed by atoms with Crippen LogP contribution >= 0.6 is 0 Å². The van der Waals surface area contributed by atoms with E-state index >= 15 is 0 Å². The zero-order valence-corrected chi connectivity index (χ0v) is 20.4. The molecule has 6 rings (SSSR count). The van der Waals surface area contributed by atoms with Gasteiger partial charge in [0.15, 0.2) is 17.2 Å². The molecule has 1 saturated heterocycles. The number of amides is 1.